The van der Waals surface area contributed by atoms with Gasteiger partial charge in [0.25, 0.3) is 0 Å². The SMILES string of the molecule is Cc1cc(OCc2ccc(-c3ccccc3-c3nnn[nH]3)cc2)c2cc(C#N)ccc2n1.Cl. The van der Waals surface area contributed by atoms with Crippen LogP contribution in [0.5, 0.6) is 5.75 Å². The lowest BCUT2D eigenvalue weighted by atomic mass is 9.98. The van der Waals surface area contributed by atoms with Crippen LogP contribution in [0.25, 0.3) is 33.4 Å². The van der Waals surface area contributed by atoms with Crippen LogP contribution in [0.2, 0.25) is 0 Å². The third kappa shape index (κ3) is 4.52. The molecule has 0 unspecified atom stereocenters. The lowest BCUT2D eigenvalue weighted by Crippen LogP contribution is -1.98. The number of rotatable bonds is 5. The number of nitrogens with one attached hydrogen (secondary N) is 1. The van der Waals surface area contributed by atoms with Crippen molar-refractivity contribution in [2.24, 2.45) is 0 Å². The van der Waals surface area contributed by atoms with Crippen LogP contribution in [0.1, 0.15) is 16.8 Å². The first kappa shape index (κ1) is 21.9. The Bertz CT molecular complexity index is 1440. The Morgan fingerprint density at radius 2 is 1.76 bits per heavy atom. The van der Waals surface area contributed by atoms with Gasteiger partial charge in [0.15, 0.2) is 5.82 Å². The summed E-state index contributed by atoms with van der Waals surface area (Å²) < 4.78 is 6.13. The number of aromatic amines is 1. The highest BCUT2D eigenvalue weighted by molar-refractivity contribution is 5.86. The second-order valence-electron chi connectivity index (χ2n) is 7.39. The Labute approximate surface area is 196 Å². The van der Waals surface area contributed by atoms with Gasteiger partial charge in [0, 0.05) is 22.7 Å². The van der Waals surface area contributed by atoms with Crippen LogP contribution in [0.15, 0.2) is 72.8 Å². The molecule has 7 nitrogen and oxygen atoms in total. The molecule has 0 bridgehead atoms. The van der Waals surface area contributed by atoms with Gasteiger partial charge in [-0.15, -0.1) is 17.5 Å². The highest BCUT2D eigenvalue weighted by Gasteiger charge is 2.11. The summed E-state index contributed by atoms with van der Waals surface area (Å²) in [5.41, 5.74) is 6.33. The molecule has 162 valence electrons. The Balaban J connectivity index is 0.00000259. The first-order chi connectivity index (χ1) is 15.7. The molecule has 0 amide bonds. The van der Waals surface area contributed by atoms with Gasteiger partial charge in [-0.25, -0.2) is 5.10 Å². The number of nitrogens with zero attached hydrogens (tertiary/aromatic N) is 5. The van der Waals surface area contributed by atoms with Crippen molar-refractivity contribution in [1.29, 1.82) is 5.26 Å². The maximum atomic E-state index is 9.23. The van der Waals surface area contributed by atoms with Gasteiger partial charge in [0.2, 0.25) is 0 Å². The van der Waals surface area contributed by atoms with E-state index in [1.165, 1.54) is 0 Å². The zero-order valence-corrected chi connectivity index (χ0v) is 18.5. The summed E-state index contributed by atoms with van der Waals surface area (Å²) in [6.45, 7) is 2.34. The lowest BCUT2D eigenvalue weighted by Gasteiger charge is -2.12. The molecular weight excluding hydrogens is 436 g/mol. The van der Waals surface area contributed by atoms with Crippen molar-refractivity contribution in [1.82, 2.24) is 25.6 Å². The Morgan fingerprint density at radius 1 is 0.970 bits per heavy atom. The van der Waals surface area contributed by atoms with E-state index in [0.717, 1.165) is 44.6 Å². The van der Waals surface area contributed by atoms with Crippen molar-refractivity contribution >= 4 is 23.3 Å². The Hall–Kier alpha value is -4.28. The fourth-order valence-corrected chi connectivity index (χ4v) is 3.67. The number of pyridine rings is 1. The Kier molecular flexibility index (Phi) is 6.29. The van der Waals surface area contributed by atoms with Crippen LogP contribution in [-0.2, 0) is 6.61 Å². The van der Waals surface area contributed by atoms with E-state index in [1.807, 2.05) is 61.5 Å². The summed E-state index contributed by atoms with van der Waals surface area (Å²) in [4.78, 5) is 4.54. The molecule has 5 rings (SSSR count). The molecule has 0 aliphatic carbocycles. The van der Waals surface area contributed by atoms with E-state index in [4.69, 9.17) is 4.74 Å². The molecule has 8 heteroatoms. The Morgan fingerprint density at radius 3 is 2.48 bits per heavy atom. The molecule has 0 radical (unpaired) electrons. The van der Waals surface area contributed by atoms with Crippen molar-refractivity contribution in [2.75, 3.05) is 0 Å². The number of aryl methyl sites for hydroxylation is 1. The molecule has 0 saturated carbocycles. The highest BCUT2D eigenvalue weighted by Crippen LogP contribution is 2.30. The van der Waals surface area contributed by atoms with Crippen molar-refractivity contribution in [3.63, 3.8) is 0 Å². The minimum absolute atomic E-state index is 0. The van der Waals surface area contributed by atoms with Gasteiger partial charge < -0.3 is 4.74 Å². The number of H-pyrrole nitrogens is 1. The van der Waals surface area contributed by atoms with Crippen molar-refractivity contribution in [2.45, 2.75) is 13.5 Å². The maximum absolute atomic E-state index is 9.23. The monoisotopic (exact) mass is 454 g/mol. The van der Waals surface area contributed by atoms with Crippen LogP contribution in [0, 0.1) is 18.3 Å². The third-order valence-corrected chi connectivity index (χ3v) is 5.21. The van der Waals surface area contributed by atoms with Crippen molar-refractivity contribution in [3.8, 4) is 34.3 Å². The maximum Gasteiger partial charge on any atom is 0.180 e. The lowest BCUT2D eigenvalue weighted by molar-refractivity contribution is 0.309. The average Bonchev–Trinajstić information content (AvgIpc) is 3.37. The average molecular weight is 455 g/mol. The van der Waals surface area contributed by atoms with Gasteiger partial charge in [0.1, 0.15) is 12.4 Å². The number of ether oxygens (including phenoxy) is 1. The van der Waals surface area contributed by atoms with E-state index < -0.39 is 0 Å². The zero-order valence-electron chi connectivity index (χ0n) is 17.7. The van der Waals surface area contributed by atoms with Gasteiger partial charge >= 0.3 is 0 Å². The molecule has 1 N–H and O–H groups in total. The van der Waals surface area contributed by atoms with Crippen LogP contribution in [-0.4, -0.2) is 25.6 Å². The van der Waals surface area contributed by atoms with Crippen molar-refractivity contribution in [3.05, 3.63) is 89.6 Å². The molecule has 0 atom stereocenters. The fourth-order valence-electron chi connectivity index (χ4n) is 3.67. The van der Waals surface area contributed by atoms with E-state index in [2.05, 4.69) is 43.8 Å². The van der Waals surface area contributed by atoms with E-state index in [9.17, 15) is 5.26 Å². The molecule has 0 aliphatic rings. The standard InChI is InChI=1S/C25H18N6O.ClH/c1-16-12-24(22-13-18(14-26)8-11-23(22)27-16)32-15-17-6-9-19(10-7-17)20-4-2-3-5-21(20)25-28-30-31-29-25;/h2-13H,15H2,1H3,(H,28,29,30,31);1H. The molecule has 0 spiro atoms. The molecule has 33 heavy (non-hydrogen) atoms. The van der Waals surface area contributed by atoms with E-state index in [-0.39, 0.29) is 12.4 Å². The van der Waals surface area contributed by atoms with Gasteiger partial charge in [-0.2, -0.15) is 5.26 Å². The number of hydrogen-bond acceptors (Lipinski definition) is 6. The second kappa shape index (κ2) is 9.47. The molecular formula is C25H19ClN6O. The molecule has 5 aromatic rings. The van der Waals surface area contributed by atoms with Gasteiger partial charge in [-0.1, -0.05) is 48.5 Å². The zero-order chi connectivity index (χ0) is 21.9. The summed E-state index contributed by atoms with van der Waals surface area (Å²) >= 11 is 0. The van der Waals surface area contributed by atoms with Gasteiger partial charge in [-0.05, 0) is 52.2 Å². The summed E-state index contributed by atoms with van der Waals surface area (Å²) in [6, 6.07) is 25.7. The number of aromatic nitrogens is 5. The minimum atomic E-state index is 0. The predicted molar refractivity (Wildman–Crippen MR) is 128 cm³/mol. The largest absolute Gasteiger partial charge is 0.488 e. The number of hydrogen-bond donors (Lipinski definition) is 1. The van der Waals surface area contributed by atoms with Crippen molar-refractivity contribution < 1.29 is 4.74 Å². The van der Waals surface area contributed by atoms with Gasteiger partial charge in [0.05, 0.1) is 17.1 Å². The molecule has 2 aromatic heterocycles. The minimum Gasteiger partial charge on any atom is -0.488 e. The van der Waals surface area contributed by atoms with Crippen LogP contribution in [0.3, 0.4) is 0 Å². The smallest absolute Gasteiger partial charge is 0.180 e. The van der Waals surface area contributed by atoms with Crippen LogP contribution >= 0.6 is 12.4 Å². The summed E-state index contributed by atoms with van der Waals surface area (Å²) in [5.74, 6) is 1.35. The van der Waals surface area contributed by atoms with Gasteiger partial charge in [-0.3, -0.25) is 4.98 Å². The summed E-state index contributed by atoms with van der Waals surface area (Å²) in [7, 11) is 0. The second-order valence-corrected chi connectivity index (χ2v) is 7.39. The third-order valence-electron chi connectivity index (χ3n) is 5.21. The topological polar surface area (TPSA) is 100 Å². The molecule has 3 aromatic carbocycles. The first-order valence-electron chi connectivity index (χ1n) is 10.1. The summed E-state index contributed by atoms with van der Waals surface area (Å²) in [6.07, 6.45) is 0. The highest BCUT2D eigenvalue weighted by atomic mass is 35.5. The number of tetrazole rings is 1. The molecule has 2 heterocycles. The quantitative estimate of drug-likeness (QED) is 0.388. The van der Waals surface area contributed by atoms with Crippen LogP contribution < -0.4 is 4.74 Å². The number of benzene rings is 3. The number of fused-ring (bicyclic) bond motifs is 1. The fraction of sp³-hybridized carbons (Fsp3) is 0.0800. The van der Waals surface area contributed by atoms with E-state index >= 15 is 0 Å². The van der Waals surface area contributed by atoms with E-state index in [0.29, 0.717) is 18.0 Å². The number of nitriles is 1. The summed E-state index contributed by atoms with van der Waals surface area (Å²) in [5, 5.41) is 24.3. The predicted octanol–water partition coefficient (Wildman–Crippen LogP) is 5.26. The molecule has 0 aliphatic heterocycles. The van der Waals surface area contributed by atoms with E-state index in [1.54, 1.807) is 6.07 Å². The molecule has 0 fully saturated rings. The molecule has 0 saturated heterocycles. The normalized spacial score (nSPS) is 10.4. The number of halogens is 1. The first-order valence-corrected chi connectivity index (χ1v) is 10.1. The van der Waals surface area contributed by atoms with Crippen LogP contribution in [0.4, 0.5) is 0 Å².